The van der Waals surface area contributed by atoms with Gasteiger partial charge in [0.2, 0.25) is 5.91 Å². The van der Waals surface area contributed by atoms with Gasteiger partial charge in [-0.15, -0.1) is 12.4 Å². The maximum absolute atomic E-state index is 12.8. The van der Waals surface area contributed by atoms with Crippen LogP contribution >= 0.6 is 24.0 Å². The Morgan fingerprint density at radius 2 is 2.18 bits per heavy atom. The van der Waals surface area contributed by atoms with Crippen LogP contribution in [0.3, 0.4) is 0 Å². The fourth-order valence-corrected chi connectivity index (χ4v) is 2.96. The van der Waals surface area contributed by atoms with E-state index in [0.29, 0.717) is 6.54 Å². The first-order valence-electron chi connectivity index (χ1n) is 7.95. The van der Waals surface area contributed by atoms with Crippen LogP contribution in [-0.2, 0) is 11.3 Å². The second-order valence-electron chi connectivity index (χ2n) is 5.75. The lowest BCUT2D eigenvalue weighted by atomic mass is 9.97. The van der Waals surface area contributed by atoms with Crippen molar-refractivity contribution in [2.45, 2.75) is 39.2 Å². The van der Waals surface area contributed by atoms with Gasteiger partial charge in [0, 0.05) is 24.7 Å². The van der Waals surface area contributed by atoms with Crippen LogP contribution in [0, 0.1) is 5.92 Å². The Kier molecular flexibility index (Phi) is 8.84. The number of hydrogen-bond acceptors (Lipinski definition) is 2. The van der Waals surface area contributed by atoms with Gasteiger partial charge >= 0.3 is 0 Å². The third-order valence-electron chi connectivity index (χ3n) is 4.06. The van der Waals surface area contributed by atoms with Gasteiger partial charge in [0.25, 0.3) is 0 Å². The smallest absolute Gasteiger partial charge is 0.227 e. The fourth-order valence-electron chi connectivity index (χ4n) is 2.77. The number of unbranched alkanes of at least 4 members (excludes halogenated alkanes) is 1. The highest BCUT2D eigenvalue weighted by atomic mass is 35.5. The monoisotopic (exact) mass is 344 g/mol. The quantitative estimate of drug-likeness (QED) is 0.848. The number of halogens is 2. The number of carbonyl (C=O) groups excluding carboxylic acids is 1. The van der Waals surface area contributed by atoms with E-state index in [0.717, 1.165) is 55.9 Å². The van der Waals surface area contributed by atoms with Gasteiger partial charge in [0.15, 0.2) is 0 Å². The molecule has 1 atom stereocenters. The van der Waals surface area contributed by atoms with Gasteiger partial charge in [-0.2, -0.15) is 0 Å². The van der Waals surface area contributed by atoms with Crippen LogP contribution in [0.5, 0.6) is 0 Å². The molecule has 1 aliphatic rings. The maximum Gasteiger partial charge on any atom is 0.227 e. The summed E-state index contributed by atoms with van der Waals surface area (Å²) in [6.07, 6.45) is 4.21. The van der Waals surface area contributed by atoms with Crippen LogP contribution in [0.1, 0.15) is 38.2 Å². The van der Waals surface area contributed by atoms with Gasteiger partial charge in [-0.1, -0.05) is 43.1 Å². The van der Waals surface area contributed by atoms with Crippen molar-refractivity contribution in [1.29, 1.82) is 0 Å². The normalized spacial score (nSPS) is 17.6. The average molecular weight is 345 g/mol. The summed E-state index contributed by atoms with van der Waals surface area (Å²) >= 11 is 6.24. The molecule has 3 nitrogen and oxygen atoms in total. The first-order valence-corrected chi connectivity index (χ1v) is 8.33. The lowest BCUT2D eigenvalue weighted by molar-refractivity contribution is -0.136. The van der Waals surface area contributed by atoms with Crippen LogP contribution in [0.25, 0.3) is 0 Å². The van der Waals surface area contributed by atoms with E-state index in [4.69, 9.17) is 11.6 Å². The van der Waals surface area contributed by atoms with E-state index in [-0.39, 0.29) is 24.2 Å². The Morgan fingerprint density at radius 3 is 2.82 bits per heavy atom. The minimum atomic E-state index is 0. The number of nitrogens with zero attached hydrogens (tertiary/aromatic N) is 1. The molecule has 1 amide bonds. The molecule has 124 valence electrons. The van der Waals surface area contributed by atoms with Crippen molar-refractivity contribution in [3.63, 3.8) is 0 Å². The number of rotatable bonds is 6. The van der Waals surface area contributed by atoms with Crippen molar-refractivity contribution in [2.75, 3.05) is 19.6 Å². The third kappa shape index (κ3) is 5.45. The van der Waals surface area contributed by atoms with Gasteiger partial charge in [-0.3, -0.25) is 4.79 Å². The van der Waals surface area contributed by atoms with Crippen molar-refractivity contribution in [1.82, 2.24) is 10.2 Å². The van der Waals surface area contributed by atoms with Crippen LogP contribution in [0.15, 0.2) is 24.3 Å². The lowest BCUT2D eigenvalue weighted by Gasteiger charge is -2.30. The zero-order valence-corrected chi connectivity index (χ0v) is 14.8. The van der Waals surface area contributed by atoms with Crippen LogP contribution in [-0.4, -0.2) is 30.4 Å². The van der Waals surface area contributed by atoms with Crippen LogP contribution in [0.2, 0.25) is 5.02 Å². The molecule has 1 aliphatic heterocycles. The van der Waals surface area contributed by atoms with Gasteiger partial charge in [0.05, 0.1) is 5.92 Å². The summed E-state index contributed by atoms with van der Waals surface area (Å²) in [6, 6.07) is 7.80. The molecule has 0 aromatic heterocycles. The summed E-state index contributed by atoms with van der Waals surface area (Å²) in [5.41, 5.74) is 1.03. The molecule has 5 heteroatoms. The average Bonchev–Trinajstić information content (AvgIpc) is 2.53. The summed E-state index contributed by atoms with van der Waals surface area (Å²) in [4.78, 5) is 14.8. The highest BCUT2D eigenvalue weighted by Gasteiger charge is 2.25. The molecule has 0 spiro atoms. The van der Waals surface area contributed by atoms with Gasteiger partial charge < -0.3 is 10.2 Å². The molecular weight excluding hydrogens is 319 g/mol. The number of hydrogen-bond donors (Lipinski definition) is 1. The van der Waals surface area contributed by atoms with Crippen LogP contribution in [0.4, 0.5) is 0 Å². The molecule has 22 heavy (non-hydrogen) atoms. The topological polar surface area (TPSA) is 32.3 Å². The number of amides is 1. The summed E-state index contributed by atoms with van der Waals surface area (Å²) in [5, 5.41) is 4.07. The molecule has 0 bridgehead atoms. The molecule has 1 fully saturated rings. The first kappa shape index (κ1) is 19.3. The molecule has 1 aromatic carbocycles. The van der Waals surface area contributed by atoms with Crippen LogP contribution < -0.4 is 5.32 Å². The summed E-state index contributed by atoms with van der Waals surface area (Å²) in [6.45, 7) is 5.43. The molecule has 0 saturated carbocycles. The second-order valence-corrected chi connectivity index (χ2v) is 6.16. The number of carbonyl (C=O) groups is 1. The molecule has 0 radical (unpaired) electrons. The SMILES string of the molecule is CCCCN(Cc1ccccc1Cl)C(=O)C1CCCNC1.Cl. The lowest BCUT2D eigenvalue weighted by Crippen LogP contribution is -2.43. The van der Waals surface area contributed by atoms with E-state index in [9.17, 15) is 4.79 Å². The molecule has 1 N–H and O–H groups in total. The molecule has 2 rings (SSSR count). The minimum Gasteiger partial charge on any atom is -0.338 e. The van der Waals surface area contributed by atoms with Gasteiger partial charge in [-0.05, 0) is 37.4 Å². The largest absolute Gasteiger partial charge is 0.338 e. The summed E-state index contributed by atoms with van der Waals surface area (Å²) in [7, 11) is 0. The standard InChI is InChI=1S/C17H25ClN2O.ClH/c1-2-3-11-20(13-15-7-4-5-9-16(15)18)17(21)14-8-6-10-19-12-14;/h4-5,7,9,14,19H,2-3,6,8,10-13H2,1H3;1H. The molecule has 1 unspecified atom stereocenters. The highest BCUT2D eigenvalue weighted by molar-refractivity contribution is 6.31. The Labute approximate surface area is 144 Å². The van der Waals surface area contributed by atoms with E-state index in [1.54, 1.807) is 0 Å². The second kappa shape index (κ2) is 10.1. The number of benzene rings is 1. The van der Waals surface area contributed by atoms with E-state index in [1.807, 2.05) is 29.2 Å². The Bertz CT molecular complexity index is 462. The summed E-state index contributed by atoms with van der Waals surface area (Å²) < 4.78 is 0. The van der Waals surface area contributed by atoms with Crippen molar-refractivity contribution in [3.8, 4) is 0 Å². The third-order valence-corrected chi connectivity index (χ3v) is 4.43. The van der Waals surface area contributed by atoms with Crippen molar-refractivity contribution >= 4 is 29.9 Å². The maximum atomic E-state index is 12.8. The van der Waals surface area contributed by atoms with Gasteiger partial charge in [-0.25, -0.2) is 0 Å². The number of nitrogens with one attached hydrogen (secondary N) is 1. The fraction of sp³-hybridized carbons (Fsp3) is 0.588. The van der Waals surface area contributed by atoms with Crippen molar-refractivity contribution in [2.24, 2.45) is 5.92 Å². The Hall–Kier alpha value is -0.770. The Balaban J connectivity index is 0.00000242. The highest BCUT2D eigenvalue weighted by Crippen LogP contribution is 2.20. The zero-order chi connectivity index (χ0) is 15.1. The predicted octanol–water partition coefficient (Wildman–Crippen LogP) is 3.89. The van der Waals surface area contributed by atoms with Crippen molar-refractivity contribution < 1.29 is 4.79 Å². The molecule has 0 aliphatic carbocycles. The van der Waals surface area contributed by atoms with Crippen molar-refractivity contribution in [3.05, 3.63) is 34.9 Å². The van der Waals surface area contributed by atoms with Gasteiger partial charge in [0.1, 0.15) is 0 Å². The summed E-state index contributed by atoms with van der Waals surface area (Å²) in [5.74, 6) is 0.397. The molecule has 1 saturated heterocycles. The first-order chi connectivity index (χ1) is 10.2. The predicted molar refractivity (Wildman–Crippen MR) is 94.6 cm³/mol. The van der Waals surface area contributed by atoms with E-state index < -0.39 is 0 Å². The molecule has 1 heterocycles. The number of piperidine rings is 1. The van der Waals surface area contributed by atoms with E-state index in [2.05, 4.69) is 12.2 Å². The Morgan fingerprint density at radius 1 is 1.41 bits per heavy atom. The van der Waals surface area contributed by atoms with E-state index in [1.165, 1.54) is 0 Å². The van der Waals surface area contributed by atoms with E-state index >= 15 is 0 Å². The zero-order valence-electron chi connectivity index (χ0n) is 13.2. The minimum absolute atomic E-state index is 0. The molecular formula is C17H26Cl2N2O. The molecule has 1 aromatic rings.